The fourth-order valence-corrected chi connectivity index (χ4v) is 6.16. The zero-order chi connectivity index (χ0) is 24.4. The van der Waals surface area contributed by atoms with Crippen molar-refractivity contribution in [2.24, 2.45) is 12.1 Å². The lowest BCUT2D eigenvalue weighted by atomic mass is 10.1. The summed E-state index contributed by atoms with van der Waals surface area (Å²) in [7, 11) is -1.60. The molecule has 1 N–H and O–H groups in total. The van der Waals surface area contributed by atoms with E-state index in [9.17, 15) is 13.2 Å². The number of hydrogen-bond acceptors (Lipinski definition) is 4. The van der Waals surface area contributed by atoms with E-state index in [2.05, 4.69) is 15.1 Å². The van der Waals surface area contributed by atoms with E-state index in [1.807, 2.05) is 61.6 Å². The van der Waals surface area contributed by atoms with E-state index in [1.54, 1.807) is 18.3 Å². The lowest BCUT2D eigenvalue weighted by molar-refractivity contribution is 0.0955. The van der Waals surface area contributed by atoms with E-state index >= 15 is 0 Å². The van der Waals surface area contributed by atoms with E-state index in [0.29, 0.717) is 13.1 Å². The number of carbonyl (C=O) groups excluding carboxylic acids is 1. The van der Waals surface area contributed by atoms with E-state index in [4.69, 9.17) is 0 Å². The van der Waals surface area contributed by atoms with Crippen molar-refractivity contribution >= 4 is 33.0 Å². The van der Waals surface area contributed by atoms with Crippen LogP contribution in [0.4, 0.5) is 0 Å². The van der Waals surface area contributed by atoms with Crippen LogP contribution < -0.4 is 5.43 Å². The van der Waals surface area contributed by atoms with Crippen LogP contribution in [0.25, 0.3) is 22.2 Å². The van der Waals surface area contributed by atoms with Gasteiger partial charge in [-0.05, 0) is 42.7 Å². The minimum Gasteiger partial charge on any atom is -0.343 e. The Kier molecular flexibility index (Phi) is 6.23. The molecule has 1 saturated heterocycles. The van der Waals surface area contributed by atoms with Crippen molar-refractivity contribution in [3.8, 4) is 11.3 Å². The van der Waals surface area contributed by atoms with Crippen molar-refractivity contribution in [2.45, 2.75) is 17.7 Å². The normalized spacial score (nSPS) is 14.7. The van der Waals surface area contributed by atoms with Crippen LogP contribution in [-0.4, -0.2) is 42.5 Å². The highest BCUT2D eigenvalue weighted by molar-refractivity contribution is 7.89. The van der Waals surface area contributed by atoms with Crippen molar-refractivity contribution in [2.75, 3.05) is 13.1 Å². The summed E-state index contributed by atoms with van der Waals surface area (Å²) in [6, 6.07) is 24.1. The smallest absolute Gasteiger partial charge is 0.271 e. The van der Waals surface area contributed by atoms with E-state index in [-0.39, 0.29) is 10.5 Å². The molecular formula is C27H26N4O3S. The van der Waals surface area contributed by atoms with Crippen LogP contribution in [0.3, 0.4) is 0 Å². The molecule has 0 aliphatic carbocycles. The fraction of sp³-hybridized carbons (Fsp3) is 0.185. The van der Waals surface area contributed by atoms with Gasteiger partial charge in [-0.15, -0.1) is 0 Å². The van der Waals surface area contributed by atoms with Gasteiger partial charge >= 0.3 is 0 Å². The van der Waals surface area contributed by atoms with E-state index < -0.39 is 15.9 Å². The first-order valence-electron chi connectivity index (χ1n) is 11.5. The molecule has 2 heterocycles. The number of hydrogen-bond donors (Lipinski definition) is 1. The zero-order valence-electron chi connectivity index (χ0n) is 19.4. The molecule has 0 spiro atoms. The average molecular weight is 487 g/mol. The van der Waals surface area contributed by atoms with Gasteiger partial charge in [-0.25, -0.2) is 13.8 Å². The molecule has 1 aromatic heterocycles. The molecule has 0 radical (unpaired) electrons. The monoisotopic (exact) mass is 486 g/mol. The van der Waals surface area contributed by atoms with Gasteiger partial charge in [-0.1, -0.05) is 54.6 Å². The number of rotatable bonds is 6. The second kappa shape index (κ2) is 9.48. The van der Waals surface area contributed by atoms with Crippen molar-refractivity contribution < 1.29 is 13.2 Å². The lowest BCUT2D eigenvalue weighted by Gasteiger charge is -2.15. The SMILES string of the molecule is Cn1c(-c2ccccc2)c(C=NNC(=O)c2cccc(S(=O)(=O)N3CCCC3)c2)c2ccccc21. The lowest BCUT2D eigenvalue weighted by Crippen LogP contribution is -2.28. The van der Waals surface area contributed by atoms with Crippen LogP contribution in [0.5, 0.6) is 0 Å². The maximum atomic E-state index is 12.9. The Morgan fingerprint density at radius 3 is 2.43 bits per heavy atom. The molecule has 35 heavy (non-hydrogen) atoms. The molecule has 4 aromatic rings. The van der Waals surface area contributed by atoms with Crippen LogP contribution in [0.2, 0.25) is 0 Å². The van der Waals surface area contributed by atoms with Crippen molar-refractivity contribution in [3.63, 3.8) is 0 Å². The van der Waals surface area contributed by atoms with Gasteiger partial charge in [-0.2, -0.15) is 9.41 Å². The highest BCUT2D eigenvalue weighted by atomic mass is 32.2. The number of nitrogens with one attached hydrogen (secondary N) is 1. The molecule has 178 valence electrons. The summed E-state index contributed by atoms with van der Waals surface area (Å²) >= 11 is 0. The first kappa shape index (κ1) is 23.0. The zero-order valence-corrected chi connectivity index (χ0v) is 20.2. The highest BCUT2D eigenvalue weighted by Crippen LogP contribution is 2.31. The Hall–Kier alpha value is -3.75. The Morgan fingerprint density at radius 2 is 1.66 bits per heavy atom. The second-order valence-electron chi connectivity index (χ2n) is 8.54. The van der Waals surface area contributed by atoms with Gasteiger partial charge in [0, 0.05) is 42.2 Å². The van der Waals surface area contributed by atoms with Gasteiger partial charge in [0.05, 0.1) is 16.8 Å². The minimum atomic E-state index is -3.60. The first-order valence-corrected chi connectivity index (χ1v) is 13.0. The maximum Gasteiger partial charge on any atom is 0.271 e. The molecule has 0 bridgehead atoms. The van der Waals surface area contributed by atoms with Crippen LogP contribution in [0, 0.1) is 0 Å². The molecule has 5 rings (SSSR count). The van der Waals surface area contributed by atoms with Gasteiger partial charge in [0.2, 0.25) is 10.0 Å². The van der Waals surface area contributed by atoms with Gasteiger partial charge < -0.3 is 4.57 Å². The minimum absolute atomic E-state index is 0.122. The number of carbonyl (C=O) groups is 1. The summed E-state index contributed by atoms with van der Waals surface area (Å²) in [5, 5.41) is 5.26. The molecule has 0 atom stereocenters. The molecule has 1 amide bonds. The van der Waals surface area contributed by atoms with Crippen molar-refractivity contribution in [1.82, 2.24) is 14.3 Å². The largest absolute Gasteiger partial charge is 0.343 e. The summed E-state index contributed by atoms with van der Waals surface area (Å²) in [5.41, 5.74) is 6.77. The number of benzene rings is 3. The quantitative estimate of drug-likeness (QED) is 0.324. The molecule has 1 aliphatic heterocycles. The summed E-state index contributed by atoms with van der Waals surface area (Å²) < 4.78 is 29.3. The number of amides is 1. The molecule has 7 nitrogen and oxygen atoms in total. The number of para-hydroxylation sites is 1. The van der Waals surface area contributed by atoms with Crippen LogP contribution in [-0.2, 0) is 17.1 Å². The molecule has 1 aliphatic rings. The third-order valence-electron chi connectivity index (χ3n) is 6.35. The second-order valence-corrected chi connectivity index (χ2v) is 10.5. The van der Waals surface area contributed by atoms with Crippen LogP contribution >= 0.6 is 0 Å². The molecule has 8 heteroatoms. The van der Waals surface area contributed by atoms with E-state index in [1.165, 1.54) is 16.4 Å². The average Bonchev–Trinajstić information content (AvgIpc) is 3.53. The highest BCUT2D eigenvalue weighted by Gasteiger charge is 2.27. The molecule has 3 aromatic carbocycles. The molecule has 0 saturated carbocycles. The summed E-state index contributed by atoms with van der Waals surface area (Å²) in [6.45, 7) is 1.02. The van der Waals surface area contributed by atoms with Crippen molar-refractivity contribution in [3.05, 3.63) is 90.0 Å². The van der Waals surface area contributed by atoms with Gasteiger partial charge in [0.15, 0.2) is 0 Å². The first-order chi connectivity index (χ1) is 17.0. The Labute approximate surface area is 204 Å². The maximum absolute atomic E-state index is 12.9. The number of nitrogens with zero attached hydrogens (tertiary/aromatic N) is 3. The van der Waals surface area contributed by atoms with Crippen LogP contribution in [0.15, 0.2) is 88.9 Å². The summed E-state index contributed by atoms with van der Waals surface area (Å²) in [6.07, 6.45) is 3.36. The Bertz CT molecular complexity index is 1520. The van der Waals surface area contributed by atoms with Crippen molar-refractivity contribution in [1.29, 1.82) is 0 Å². The fourth-order valence-electron chi connectivity index (χ4n) is 4.59. The van der Waals surface area contributed by atoms with E-state index in [0.717, 1.165) is 40.6 Å². The number of aromatic nitrogens is 1. The predicted molar refractivity (Wildman–Crippen MR) is 138 cm³/mol. The van der Waals surface area contributed by atoms with Crippen LogP contribution in [0.1, 0.15) is 28.8 Å². The van der Waals surface area contributed by atoms with Gasteiger partial charge in [0.25, 0.3) is 5.91 Å². The number of fused-ring (bicyclic) bond motifs is 1. The predicted octanol–water partition coefficient (Wildman–Crippen LogP) is 4.39. The summed E-state index contributed by atoms with van der Waals surface area (Å²) in [5.74, 6) is -0.471. The summed E-state index contributed by atoms with van der Waals surface area (Å²) in [4.78, 5) is 12.9. The Morgan fingerprint density at radius 1 is 0.943 bits per heavy atom. The molecule has 0 unspecified atom stereocenters. The molecular weight excluding hydrogens is 460 g/mol. The number of sulfonamides is 1. The van der Waals surface area contributed by atoms with Gasteiger partial charge in [-0.3, -0.25) is 4.79 Å². The standard InChI is InChI=1S/C27H26N4O3S/c1-30-25-15-6-5-14-23(25)24(26(30)20-10-3-2-4-11-20)19-28-29-27(32)21-12-9-13-22(18-21)35(33,34)31-16-7-8-17-31/h2-6,9-15,18-19H,7-8,16-17H2,1H3,(H,29,32). The number of hydrazone groups is 1. The Balaban J connectivity index is 1.43. The third kappa shape index (κ3) is 4.38. The molecule has 1 fully saturated rings. The number of aryl methyl sites for hydroxylation is 1. The topological polar surface area (TPSA) is 83.8 Å². The van der Waals surface area contributed by atoms with Gasteiger partial charge in [0.1, 0.15) is 0 Å². The third-order valence-corrected chi connectivity index (χ3v) is 8.25.